The number of anilines is 1. The average molecular weight is 334 g/mol. The van der Waals surface area contributed by atoms with Gasteiger partial charge in [-0.05, 0) is 19.1 Å². The number of halogens is 1. The van der Waals surface area contributed by atoms with Gasteiger partial charge in [-0.15, -0.1) is 0 Å². The van der Waals surface area contributed by atoms with Crippen molar-refractivity contribution in [2.45, 2.75) is 6.92 Å². The van der Waals surface area contributed by atoms with Gasteiger partial charge >= 0.3 is 0 Å². The van der Waals surface area contributed by atoms with Crippen LogP contribution in [-0.4, -0.2) is 10.6 Å². The highest BCUT2D eigenvalue weighted by Crippen LogP contribution is 2.19. The van der Waals surface area contributed by atoms with Crippen LogP contribution < -0.4 is 5.43 Å². The molecule has 2 aromatic rings. The zero-order valence-electron chi connectivity index (χ0n) is 10.7. The first kappa shape index (κ1) is 14.2. The van der Waals surface area contributed by atoms with Crippen LogP contribution in [0, 0.1) is 10.1 Å². The molecule has 0 aliphatic rings. The number of nitro groups is 1. The van der Waals surface area contributed by atoms with Crippen molar-refractivity contribution in [3.05, 3.63) is 68.7 Å². The second-order valence-electron chi connectivity index (χ2n) is 4.10. The molecular formula is C14H12BrN3O2. The predicted molar refractivity (Wildman–Crippen MR) is 83.1 cm³/mol. The number of hydrogen-bond acceptors (Lipinski definition) is 4. The van der Waals surface area contributed by atoms with Crippen LogP contribution >= 0.6 is 15.9 Å². The van der Waals surface area contributed by atoms with E-state index in [2.05, 4.69) is 26.5 Å². The molecule has 2 aromatic carbocycles. The summed E-state index contributed by atoms with van der Waals surface area (Å²) in [6.07, 6.45) is 0. The van der Waals surface area contributed by atoms with E-state index in [1.165, 1.54) is 12.1 Å². The first-order valence-electron chi connectivity index (χ1n) is 5.87. The molecule has 0 heterocycles. The van der Waals surface area contributed by atoms with Crippen molar-refractivity contribution in [2.24, 2.45) is 5.10 Å². The highest BCUT2D eigenvalue weighted by Gasteiger charge is 2.05. The molecule has 0 bridgehead atoms. The van der Waals surface area contributed by atoms with E-state index in [0.29, 0.717) is 5.69 Å². The second kappa shape index (κ2) is 6.29. The Morgan fingerprint density at radius 1 is 1.25 bits per heavy atom. The van der Waals surface area contributed by atoms with E-state index in [4.69, 9.17) is 0 Å². The van der Waals surface area contributed by atoms with E-state index >= 15 is 0 Å². The van der Waals surface area contributed by atoms with E-state index in [1.807, 2.05) is 31.2 Å². The molecular weight excluding hydrogens is 322 g/mol. The molecule has 0 radical (unpaired) electrons. The van der Waals surface area contributed by atoms with Crippen molar-refractivity contribution in [2.75, 3.05) is 5.43 Å². The lowest BCUT2D eigenvalue weighted by molar-refractivity contribution is -0.384. The fourth-order valence-electron chi connectivity index (χ4n) is 1.65. The van der Waals surface area contributed by atoms with Gasteiger partial charge in [0, 0.05) is 22.2 Å². The monoisotopic (exact) mass is 333 g/mol. The third-order valence-corrected chi connectivity index (χ3v) is 3.36. The van der Waals surface area contributed by atoms with Crippen LogP contribution in [0.4, 0.5) is 11.4 Å². The van der Waals surface area contributed by atoms with Crippen molar-refractivity contribution in [3.63, 3.8) is 0 Å². The normalized spacial score (nSPS) is 11.2. The van der Waals surface area contributed by atoms with E-state index in [1.54, 1.807) is 12.1 Å². The van der Waals surface area contributed by atoms with Gasteiger partial charge in [-0.3, -0.25) is 15.5 Å². The third-order valence-electron chi connectivity index (χ3n) is 2.67. The molecule has 2 rings (SSSR count). The van der Waals surface area contributed by atoms with Crippen molar-refractivity contribution in [1.82, 2.24) is 0 Å². The second-order valence-corrected chi connectivity index (χ2v) is 4.95. The lowest BCUT2D eigenvalue weighted by atomic mass is 10.1. The Hall–Kier alpha value is -2.21. The number of nitro benzene ring substituents is 1. The fourth-order valence-corrected chi connectivity index (χ4v) is 2.22. The highest BCUT2D eigenvalue weighted by molar-refractivity contribution is 9.10. The zero-order chi connectivity index (χ0) is 14.5. The number of nitrogens with zero attached hydrogens (tertiary/aromatic N) is 2. The summed E-state index contributed by atoms with van der Waals surface area (Å²) in [5.41, 5.74) is 5.18. The summed E-state index contributed by atoms with van der Waals surface area (Å²) in [6, 6.07) is 13.9. The summed E-state index contributed by atoms with van der Waals surface area (Å²) in [6.45, 7) is 1.87. The van der Waals surface area contributed by atoms with Gasteiger partial charge < -0.3 is 0 Å². The molecule has 0 unspecified atom stereocenters. The summed E-state index contributed by atoms with van der Waals surface area (Å²) < 4.78 is 0.946. The lowest BCUT2D eigenvalue weighted by Crippen LogP contribution is -2.00. The van der Waals surface area contributed by atoms with Crippen LogP contribution in [0.5, 0.6) is 0 Å². The van der Waals surface area contributed by atoms with Crippen LogP contribution in [0.3, 0.4) is 0 Å². The Balaban J connectivity index is 2.19. The summed E-state index contributed by atoms with van der Waals surface area (Å²) in [4.78, 5) is 10.3. The molecule has 6 heteroatoms. The Kier molecular flexibility index (Phi) is 4.47. The van der Waals surface area contributed by atoms with Gasteiger partial charge in [0.15, 0.2) is 0 Å². The minimum atomic E-state index is -0.435. The maximum atomic E-state index is 10.7. The van der Waals surface area contributed by atoms with Gasteiger partial charge in [-0.1, -0.05) is 40.2 Å². The minimum Gasteiger partial charge on any atom is -0.278 e. The number of hydrogen-bond donors (Lipinski definition) is 1. The number of rotatable bonds is 4. The smallest absolute Gasteiger partial charge is 0.271 e. The molecule has 0 spiro atoms. The standard InChI is InChI=1S/C14H12BrN3O2/c1-10(13-7-2-3-8-14(13)15)16-17-11-5-4-6-12(9-11)18(19)20/h2-9,17H,1H3/b16-10-. The molecule has 0 fully saturated rings. The number of benzene rings is 2. The van der Waals surface area contributed by atoms with Crippen LogP contribution in [0.2, 0.25) is 0 Å². The average Bonchev–Trinajstić information content (AvgIpc) is 2.45. The van der Waals surface area contributed by atoms with Gasteiger partial charge in [0.2, 0.25) is 0 Å². The number of nitrogens with one attached hydrogen (secondary N) is 1. The largest absolute Gasteiger partial charge is 0.278 e. The summed E-state index contributed by atoms with van der Waals surface area (Å²) in [5.74, 6) is 0. The van der Waals surface area contributed by atoms with Gasteiger partial charge in [0.1, 0.15) is 0 Å². The molecule has 0 aliphatic carbocycles. The highest BCUT2D eigenvalue weighted by atomic mass is 79.9. The molecule has 0 atom stereocenters. The van der Waals surface area contributed by atoms with Crippen LogP contribution in [0.25, 0.3) is 0 Å². The summed E-state index contributed by atoms with van der Waals surface area (Å²) in [5, 5.41) is 14.9. The Morgan fingerprint density at radius 2 is 2.00 bits per heavy atom. The van der Waals surface area contributed by atoms with Gasteiger partial charge in [0.05, 0.1) is 16.3 Å². The van der Waals surface area contributed by atoms with Gasteiger partial charge in [-0.25, -0.2) is 0 Å². The first-order chi connectivity index (χ1) is 9.58. The number of hydrazone groups is 1. The quantitative estimate of drug-likeness (QED) is 0.518. The van der Waals surface area contributed by atoms with E-state index in [9.17, 15) is 10.1 Å². The Labute approximate surface area is 124 Å². The van der Waals surface area contributed by atoms with Crippen LogP contribution in [-0.2, 0) is 0 Å². The molecule has 5 nitrogen and oxygen atoms in total. The lowest BCUT2D eigenvalue weighted by Gasteiger charge is -2.05. The molecule has 102 valence electrons. The number of non-ortho nitro benzene ring substituents is 1. The predicted octanol–water partition coefficient (Wildman–Crippen LogP) is 4.19. The molecule has 0 saturated carbocycles. The van der Waals surface area contributed by atoms with Crippen LogP contribution in [0.1, 0.15) is 12.5 Å². The van der Waals surface area contributed by atoms with Crippen molar-refractivity contribution < 1.29 is 4.92 Å². The fraction of sp³-hybridized carbons (Fsp3) is 0.0714. The Morgan fingerprint density at radius 3 is 2.70 bits per heavy atom. The van der Waals surface area contributed by atoms with Crippen molar-refractivity contribution >= 4 is 33.0 Å². The molecule has 0 saturated heterocycles. The van der Waals surface area contributed by atoms with Crippen molar-refractivity contribution in [1.29, 1.82) is 0 Å². The summed E-state index contributed by atoms with van der Waals surface area (Å²) >= 11 is 3.46. The maximum Gasteiger partial charge on any atom is 0.271 e. The van der Waals surface area contributed by atoms with Gasteiger partial charge in [-0.2, -0.15) is 5.10 Å². The molecule has 0 amide bonds. The first-order valence-corrected chi connectivity index (χ1v) is 6.67. The van der Waals surface area contributed by atoms with E-state index in [-0.39, 0.29) is 5.69 Å². The maximum absolute atomic E-state index is 10.7. The van der Waals surface area contributed by atoms with E-state index in [0.717, 1.165) is 15.7 Å². The minimum absolute atomic E-state index is 0.0312. The topological polar surface area (TPSA) is 67.5 Å². The molecule has 1 N–H and O–H groups in total. The summed E-state index contributed by atoms with van der Waals surface area (Å²) in [7, 11) is 0. The zero-order valence-corrected chi connectivity index (χ0v) is 12.3. The molecule has 0 aromatic heterocycles. The molecule has 0 aliphatic heterocycles. The van der Waals surface area contributed by atoms with Crippen molar-refractivity contribution in [3.8, 4) is 0 Å². The van der Waals surface area contributed by atoms with E-state index < -0.39 is 4.92 Å². The Bertz CT molecular complexity index is 671. The SMILES string of the molecule is C/C(=N/Nc1cccc([N+](=O)[O-])c1)c1ccccc1Br. The molecule has 20 heavy (non-hydrogen) atoms. The van der Waals surface area contributed by atoms with Crippen LogP contribution in [0.15, 0.2) is 58.1 Å². The van der Waals surface area contributed by atoms with Gasteiger partial charge in [0.25, 0.3) is 5.69 Å². The third kappa shape index (κ3) is 3.42.